The lowest BCUT2D eigenvalue weighted by Crippen LogP contribution is -2.42. The number of nitrogens with zero attached hydrogens (tertiary/aromatic N) is 3. The molecule has 1 aromatic heterocycles. The lowest BCUT2D eigenvalue weighted by atomic mass is 9.96. The summed E-state index contributed by atoms with van der Waals surface area (Å²) in [6.45, 7) is 4.04. The maximum atomic E-state index is 13.9. The molecular formula is C25H31FIN5O. The molecule has 2 aromatic carbocycles. The summed E-state index contributed by atoms with van der Waals surface area (Å²) in [5, 5.41) is 6.73. The van der Waals surface area contributed by atoms with Gasteiger partial charge < -0.3 is 15.1 Å². The predicted octanol–water partition coefficient (Wildman–Crippen LogP) is 4.68. The molecule has 0 saturated carbocycles. The SMILES string of the molecule is CN=C(NCc1coc(-c2ccccc2)n1)NCC1CCN(Cc2ccccc2F)CC1.I. The Bertz CT molecular complexity index is 1020. The van der Waals surface area contributed by atoms with Gasteiger partial charge in [0.2, 0.25) is 5.89 Å². The molecule has 4 rings (SSSR count). The van der Waals surface area contributed by atoms with Gasteiger partial charge in [-0.25, -0.2) is 9.37 Å². The third-order valence-electron chi connectivity index (χ3n) is 5.85. The Morgan fingerprint density at radius 2 is 1.82 bits per heavy atom. The molecule has 2 N–H and O–H groups in total. The zero-order valence-electron chi connectivity index (χ0n) is 18.8. The van der Waals surface area contributed by atoms with Gasteiger partial charge in [0.15, 0.2) is 5.96 Å². The second-order valence-electron chi connectivity index (χ2n) is 8.13. The number of piperidine rings is 1. The van der Waals surface area contributed by atoms with E-state index in [2.05, 4.69) is 25.5 Å². The predicted molar refractivity (Wildman–Crippen MR) is 140 cm³/mol. The fourth-order valence-electron chi connectivity index (χ4n) is 3.95. The van der Waals surface area contributed by atoms with Gasteiger partial charge >= 0.3 is 0 Å². The van der Waals surface area contributed by atoms with Crippen LogP contribution in [0.25, 0.3) is 11.5 Å². The number of hydrogen-bond donors (Lipinski definition) is 2. The minimum Gasteiger partial charge on any atom is -0.444 e. The van der Waals surface area contributed by atoms with Crippen molar-refractivity contribution in [3.63, 3.8) is 0 Å². The smallest absolute Gasteiger partial charge is 0.226 e. The summed E-state index contributed by atoms with van der Waals surface area (Å²) in [6.07, 6.45) is 3.85. The first-order valence-electron chi connectivity index (χ1n) is 11.1. The van der Waals surface area contributed by atoms with Gasteiger partial charge in [-0.3, -0.25) is 9.89 Å². The highest BCUT2D eigenvalue weighted by molar-refractivity contribution is 14.0. The number of benzene rings is 2. The number of aliphatic imine (C=N–C) groups is 1. The Morgan fingerprint density at radius 1 is 1.09 bits per heavy atom. The number of guanidine groups is 1. The highest BCUT2D eigenvalue weighted by atomic mass is 127. The van der Waals surface area contributed by atoms with Crippen molar-refractivity contribution >= 4 is 29.9 Å². The fourth-order valence-corrected chi connectivity index (χ4v) is 3.95. The van der Waals surface area contributed by atoms with Gasteiger partial charge in [-0.05, 0) is 50.0 Å². The molecule has 2 heterocycles. The number of hydrogen-bond acceptors (Lipinski definition) is 4. The zero-order chi connectivity index (χ0) is 22.2. The lowest BCUT2D eigenvalue weighted by Gasteiger charge is -2.32. The normalized spacial score (nSPS) is 15.2. The van der Waals surface area contributed by atoms with Gasteiger partial charge in [0.05, 0.1) is 12.2 Å². The summed E-state index contributed by atoms with van der Waals surface area (Å²) in [5.74, 6) is 1.83. The van der Waals surface area contributed by atoms with Crippen LogP contribution in [-0.2, 0) is 13.1 Å². The van der Waals surface area contributed by atoms with E-state index >= 15 is 0 Å². The minimum absolute atomic E-state index is 0. The first-order valence-corrected chi connectivity index (χ1v) is 11.1. The molecular weight excluding hydrogens is 532 g/mol. The van der Waals surface area contributed by atoms with Crippen LogP contribution in [0.4, 0.5) is 4.39 Å². The summed E-state index contributed by atoms with van der Waals surface area (Å²) in [6, 6.07) is 16.9. The lowest BCUT2D eigenvalue weighted by molar-refractivity contribution is 0.176. The van der Waals surface area contributed by atoms with Crippen molar-refractivity contribution in [1.82, 2.24) is 20.5 Å². The van der Waals surface area contributed by atoms with Crippen LogP contribution in [0.15, 0.2) is 70.3 Å². The van der Waals surface area contributed by atoms with E-state index in [1.54, 1.807) is 19.4 Å². The summed E-state index contributed by atoms with van der Waals surface area (Å²) in [5.41, 5.74) is 2.56. The molecule has 176 valence electrons. The quantitative estimate of drug-likeness (QED) is 0.249. The fraction of sp³-hybridized carbons (Fsp3) is 0.360. The second kappa shape index (κ2) is 12.7. The number of aromatic nitrogens is 1. The van der Waals surface area contributed by atoms with Crippen LogP contribution in [0.2, 0.25) is 0 Å². The number of nitrogens with one attached hydrogen (secondary N) is 2. The van der Waals surface area contributed by atoms with E-state index in [1.807, 2.05) is 42.5 Å². The highest BCUT2D eigenvalue weighted by Crippen LogP contribution is 2.20. The molecule has 1 saturated heterocycles. The van der Waals surface area contributed by atoms with Crippen molar-refractivity contribution in [2.75, 3.05) is 26.7 Å². The van der Waals surface area contributed by atoms with Gasteiger partial charge in [-0.2, -0.15) is 0 Å². The molecule has 0 atom stereocenters. The van der Waals surface area contributed by atoms with Crippen molar-refractivity contribution in [3.05, 3.63) is 77.9 Å². The van der Waals surface area contributed by atoms with Crippen LogP contribution in [-0.4, -0.2) is 42.5 Å². The third-order valence-corrected chi connectivity index (χ3v) is 5.85. The van der Waals surface area contributed by atoms with Crippen molar-refractivity contribution < 1.29 is 8.81 Å². The summed E-state index contributed by atoms with van der Waals surface area (Å²) in [7, 11) is 1.77. The Morgan fingerprint density at radius 3 is 2.55 bits per heavy atom. The van der Waals surface area contributed by atoms with Gasteiger partial charge in [-0.1, -0.05) is 36.4 Å². The van der Waals surface area contributed by atoms with E-state index in [1.165, 1.54) is 6.07 Å². The molecule has 0 unspecified atom stereocenters. The van der Waals surface area contributed by atoms with E-state index in [-0.39, 0.29) is 29.8 Å². The molecule has 6 nitrogen and oxygen atoms in total. The monoisotopic (exact) mass is 563 g/mol. The van der Waals surface area contributed by atoms with E-state index in [4.69, 9.17) is 4.42 Å². The van der Waals surface area contributed by atoms with Crippen molar-refractivity contribution in [2.24, 2.45) is 10.9 Å². The van der Waals surface area contributed by atoms with Gasteiger partial charge in [0, 0.05) is 31.3 Å². The molecule has 0 aliphatic carbocycles. The van der Waals surface area contributed by atoms with Crippen LogP contribution < -0.4 is 10.6 Å². The van der Waals surface area contributed by atoms with Gasteiger partial charge in [-0.15, -0.1) is 24.0 Å². The molecule has 0 bridgehead atoms. The van der Waals surface area contributed by atoms with Crippen LogP contribution in [0, 0.1) is 11.7 Å². The van der Waals surface area contributed by atoms with Crippen molar-refractivity contribution in [1.29, 1.82) is 0 Å². The third kappa shape index (κ3) is 7.26. The van der Waals surface area contributed by atoms with E-state index < -0.39 is 0 Å². The Kier molecular flexibility index (Phi) is 9.68. The Balaban J connectivity index is 0.00000306. The molecule has 3 aromatic rings. The van der Waals surface area contributed by atoms with E-state index in [9.17, 15) is 4.39 Å². The van der Waals surface area contributed by atoms with Crippen LogP contribution in [0.3, 0.4) is 0 Å². The summed E-state index contributed by atoms with van der Waals surface area (Å²) < 4.78 is 19.5. The first kappa shape index (κ1) is 25.2. The number of halogens is 2. The maximum Gasteiger partial charge on any atom is 0.226 e. The van der Waals surface area contributed by atoms with Crippen molar-refractivity contribution in [3.8, 4) is 11.5 Å². The summed E-state index contributed by atoms with van der Waals surface area (Å²) >= 11 is 0. The standard InChI is InChI=1S/C25H30FN5O.HI/c1-27-25(29-16-22-18-32-24(30-22)20-7-3-2-4-8-20)28-15-19-11-13-31(14-12-19)17-21-9-5-6-10-23(21)26;/h2-10,18-19H,11-17H2,1H3,(H2,27,28,29);1H. The molecule has 33 heavy (non-hydrogen) atoms. The van der Waals surface area contributed by atoms with Gasteiger partial charge in [0.1, 0.15) is 12.1 Å². The molecule has 0 amide bonds. The van der Waals surface area contributed by atoms with E-state index in [0.717, 1.165) is 55.3 Å². The minimum atomic E-state index is -0.117. The molecule has 8 heteroatoms. The molecule has 1 aliphatic heterocycles. The number of oxazole rings is 1. The molecule has 1 fully saturated rings. The molecule has 1 aliphatic rings. The average Bonchev–Trinajstić information content (AvgIpc) is 3.31. The largest absolute Gasteiger partial charge is 0.444 e. The summed E-state index contributed by atoms with van der Waals surface area (Å²) in [4.78, 5) is 11.2. The average molecular weight is 563 g/mol. The first-order chi connectivity index (χ1) is 15.7. The second-order valence-corrected chi connectivity index (χ2v) is 8.13. The van der Waals surface area contributed by atoms with Crippen molar-refractivity contribution in [2.45, 2.75) is 25.9 Å². The zero-order valence-corrected chi connectivity index (χ0v) is 21.2. The highest BCUT2D eigenvalue weighted by Gasteiger charge is 2.20. The van der Waals surface area contributed by atoms with Crippen LogP contribution in [0.1, 0.15) is 24.1 Å². The Hall–Kier alpha value is -2.46. The Labute approximate surface area is 211 Å². The van der Waals surface area contributed by atoms with Crippen LogP contribution >= 0.6 is 24.0 Å². The molecule has 0 radical (unpaired) electrons. The number of likely N-dealkylation sites (tertiary alicyclic amines) is 1. The van der Waals surface area contributed by atoms with Crippen LogP contribution in [0.5, 0.6) is 0 Å². The molecule has 0 spiro atoms. The number of rotatable bonds is 7. The van der Waals surface area contributed by atoms with E-state index in [0.29, 0.717) is 24.9 Å². The topological polar surface area (TPSA) is 65.7 Å². The van der Waals surface area contributed by atoms with Gasteiger partial charge in [0.25, 0.3) is 0 Å². The maximum absolute atomic E-state index is 13.9.